The Kier molecular flexibility index (Phi) is 4.48. The van der Waals surface area contributed by atoms with Crippen molar-refractivity contribution >= 4 is 0 Å². The number of hydrogen-bond acceptors (Lipinski definition) is 3. The van der Waals surface area contributed by atoms with Crippen molar-refractivity contribution in [3.63, 3.8) is 0 Å². The monoisotopic (exact) mass is 241 g/mol. The quantitative estimate of drug-likeness (QED) is 0.832. The number of rotatable bonds is 5. The summed E-state index contributed by atoms with van der Waals surface area (Å²) in [6.07, 6.45) is 0.577. The lowest BCUT2D eigenvalue weighted by Crippen LogP contribution is -2.31. The van der Waals surface area contributed by atoms with Crippen molar-refractivity contribution in [1.29, 1.82) is 0 Å². The summed E-state index contributed by atoms with van der Waals surface area (Å²) < 4.78 is 18.9. The van der Waals surface area contributed by atoms with Gasteiger partial charge in [-0.15, -0.1) is 0 Å². The molecule has 0 bridgehead atoms. The van der Waals surface area contributed by atoms with E-state index in [9.17, 15) is 9.50 Å². The van der Waals surface area contributed by atoms with Crippen molar-refractivity contribution in [3.8, 4) is 5.75 Å². The van der Waals surface area contributed by atoms with Crippen molar-refractivity contribution in [2.45, 2.75) is 38.8 Å². The molecule has 0 saturated heterocycles. The van der Waals surface area contributed by atoms with Crippen LogP contribution in [0.5, 0.6) is 5.75 Å². The fraction of sp³-hybridized carbons (Fsp3) is 0.538. The van der Waals surface area contributed by atoms with Crippen LogP contribution in [0.1, 0.15) is 38.8 Å². The molecule has 3 nitrogen and oxygen atoms in total. The van der Waals surface area contributed by atoms with Crippen molar-refractivity contribution in [2.24, 2.45) is 5.73 Å². The molecule has 0 heterocycles. The molecule has 96 valence electrons. The minimum atomic E-state index is -0.893. The van der Waals surface area contributed by atoms with E-state index < -0.39 is 5.60 Å². The number of ether oxygens (including phenoxy) is 1. The lowest BCUT2D eigenvalue weighted by atomic mass is 10.1. The zero-order chi connectivity index (χ0) is 13.1. The van der Waals surface area contributed by atoms with Crippen LogP contribution in [0, 0.1) is 5.82 Å². The van der Waals surface area contributed by atoms with Crippen LogP contribution in [0.4, 0.5) is 4.39 Å². The lowest BCUT2D eigenvalue weighted by molar-refractivity contribution is 0.00836. The van der Waals surface area contributed by atoms with Gasteiger partial charge in [0.25, 0.3) is 0 Å². The Morgan fingerprint density at radius 1 is 1.53 bits per heavy atom. The molecule has 0 aliphatic rings. The normalized spacial score (nSPS) is 16.4. The zero-order valence-corrected chi connectivity index (χ0v) is 10.5. The summed E-state index contributed by atoms with van der Waals surface area (Å²) in [5.74, 6) is 0.0225. The van der Waals surface area contributed by atoms with Gasteiger partial charge in [0.15, 0.2) is 0 Å². The largest absolute Gasteiger partial charge is 0.491 e. The van der Waals surface area contributed by atoms with E-state index in [2.05, 4.69) is 0 Å². The third kappa shape index (κ3) is 3.98. The number of halogens is 1. The molecular weight excluding hydrogens is 221 g/mol. The Bertz CT molecular complexity index is 378. The van der Waals surface area contributed by atoms with E-state index in [1.807, 2.05) is 6.92 Å². The van der Waals surface area contributed by atoms with Crippen molar-refractivity contribution < 1.29 is 14.2 Å². The van der Waals surface area contributed by atoms with Gasteiger partial charge >= 0.3 is 0 Å². The second-order valence-electron chi connectivity index (χ2n) is 4.61. The molecule has 0 radical (unpaired) electrons. The molecule has 1 aromatic carbocycles. The average Bonchev–Trinajstić information content (AvgIpc) is 2.26. The molecule has 2 atom stereocenters. The molecule has 1 rings (SSSR count). The van der Waals surface area contributed by atoms with Crippen LogP contribution in [-0.4, -0.2) is 17.3 Å². The third-order valence-corrected chi connectivity index (χ3v) is 2.77. The molecule has 0 amide bonds. The van der Waals surface area contributed by atoms with Crippen LogP contribution in [0.2, 0.25) is 0 Å². The molecule has 0 saturated carbocycles. The van der Waals surface area contributed by atoms with E-state index >= 15 is 0 Å². The van der Waals surface area contributed by atoms with Crippen molar-refractivity contribution in [3.05, 3.63) is 29.6 Å². The fourth-order valence-corrected chi connectivity index (χ4v) is 1.31. The van der Waals surface area contributed by atoms with E-state index in [1.54, 1.807) is 26.0 Å². The lowest BCUT2D eigenvalue weighted by Gasteiger charge is -2.21. The molecule has 0 aromatic heterocycles. The van der Waals surface area contributed by atoms with Gasteiger partial charge in [0.1, 0.15) is 18.2 Å². The Morgan fingerprint density at radius 2 is 2.18 bits per heavy atom. The summed E-state index contributed by atoms with van der Waals surface area (Å²) in [4.78, 5) is 0. The summed E-state index contributed by atoms with van der Waals surface area (Å²) >= 11 is 0. The number of aliphatic hydroxyl groups is 1. The summed E-state index contributed by atoms with van der Waals surface area (Å²) in [5, 5.41) is 9.76. The van der Waals surface area contributed by atoms with Crippen LogP contribution in [0.3, 0.4) is 0 Å². The number of hydrogen-bond donors (Lipinski definition) is 2. The summed E-state index contributed by atoms with van der Waals surface area (Å²) in [6, 6.07) is 4.22. The first-order valence-electron chi connectivity index (χ1n) is 5.76. The van der Waals surface area contributed by atoms with Gasteiger partial charge < -0.3 is 15.6 Å². The molecule has 0 fully saturated rings. The Balaban J connectivity index is 2.71. The summed E-state index contributed by atoms with van der Waals surface area (Å²) in [5.41, 5.74) is 5.17. The van der Waals surface area contributed by atoms with Crippen LogP contribution in [0.25, 0.3) is 0 Å². The molecule has 0 spiro atoms. The highest BCUT2D eigenvalue weighted by atomic mass is 19.1. The molecule has 17 heavy (non-hydrogen) atoms. The van der Waals surface area contributed by atoms with E-state index in [0.717, 1.165) is 0 Å². The van der Waals surface area contributed by atoms with Gasteiger partial charge in [0.05, 0.1) is 5.60 Å². The second-order valence-corrected chi connectivity index (χ2v) is 4.61. The minimum absolute atomic E-state index is 0.139. The number of benzene rings is 1. The summed E-state index contributed by atoms with van der Waals surface area (Å²) in [7, 11) is 0. The van der Waals surface area contributed by atoms with Crippen LogP contribution in [-0.2, 0) is 0 Å². The first kappa shape index (κ1) is 13.9. The first-order valence-corrected chi connectivity index (χ1v) is 5.76. The highest BCUT2D eigenvalue weighted by molar-refractivity contribution is 5.30. The van der Waals surface area contributed by atoms with E-state index in [1.165, 1.54) is 6.07 Å². The van der Waals surface area contributed by atoms with Gasteiger partial charge in [0, 0.05) is 17.7 Å². The van der Waals surface area contributed by atoms with E-state index in [0.29, 0.717) is 17.7 Å². The maximum atomic E-state index is 13.6. The molecule has 0 aliphatic heterocycles. The Morgan fingerprint density at radius 3 is 2.65 bits per heavy atom. The van der Waals surface area contributed by atoms with Gasteiger partial charge in [-0.3, -0.25) is 0 Å². The van der Waals surface area contributed by atoms with E-state index in [-0.39, 0.29) is 18.5 Å². The van der Waals surface area contributed by atoms with Crippen molar-refractivity contribution in [1.82, 2.24) is 0 Å². The van der Waals surface area contributed by atoms with Gasteiger partial charge in [-0.1, -0.05) is 13.0 Å². The standard InChI is InChI=1S/C13H20FNO2/c1-4-13(3,16)8-17-10-5-6-11(9(2)15)12(14)7-10/h5-7,9,16H,4,8,15H2,1-3H3. The highest BCUT2D eigenvalue weighted by Crippen LogP contribution is 2.21. The van der Waals surface area contributed by atoms with Crippen LogP contribution < -0.4 is 10.5 Å². The van der Waals surface area contributed by atoms with E-state index in [4.69, 9.17) is 10.5 Å². The second kappa shape index (κ2) is 5.47. The molecule has 3 N–H and O–H groups in total. The predicted molar refractivity (Wildman–Crippen MR) is 65.4 cm³/mol. The maximum Gasteiger partial charge on any atom is 0.131 e. The van der Waals surface area contributed by atoms with Crippen LogP contribution >= 0.6 is 0 Å². The Labute approximate surface area is 101 Å². The third-order valence-electron chi connectivity index (χ3n) is 2.77. The van der Waals surface area contributed by atoms with Gasteiger partial charge in [-0.25, -0.2) is 4.39 Å². The smallest absolute Gasteiger partial charge is 0.131 e. The molecule has 2 unspecified atom stereocenters. The van der Waals surface area contributed by atoms with Crippen LogP contribution in [0.15, 0.2) is 18.2 Å². The van der Waals surface area contributed by atoms with Crippen molar-refractivity contribution in [2.75, 3.05) is 6.61 Å². The molecular formula is C13H20FNO2. The zero-order valence-electron chi connectivity index (χ0n) is 10.5. The minimum Gasteiger partial charge on any atom is -0.491 e. The predicted octanol–water partition coefficient (Wildman–Crippen LogP) is 2.39. The summed E-state index contributed by atoms with van der Waals surface area (Å²) in [6.45, 7) is 5.41. The van der Waals surface area contributed by atoms with Gasteiger partial charge in [-0.05, 0) is 26.3 Å². The topological polar surface area (TPSA) is 55.5 Å². The molecule has 4 heteroatoms. The Hall–Kier alpha value is -1.13. The first-order chi connectivity index (χ1) is 7.85. The van der Waals surface area contributed by atoms with Gasteiger partial charge in [-0.2, -0.15) is 0 Å². The molecule has 0 aliphatic carbocycles. The average molecular weight is 241 g/mol. The highest BCUT2D eigenvalue weighted by Gasteiger charge is 2.18. The maximum absolute atomic E-state index is 13.6. The van der Waals surface area contributed by atoms with Gasteiger partial charge in [0.2, 0.25) is 0 Å². The fourth-order valence-electron chi connectivity index (χ4n) is 1.31. The number of nitrogens with two attached hydrogens (primary N) is 1. The molecule has 1 aromatic rings. The SMILES string of the molecule is CCC(C)(O)COc1ccc(C(C)N)c(F)c1.